The van der Waals surface area contributed by atoms with Gasteiger partial charge in [0.15, 0.2) is 0 Å². The third kappa shape index (κ3) is 5.92. The first-order valence-corrected chi connectivity index (χ1v) is 3.98. The van der Waals surface area contributed by atoms with Gasteiger partial charge in [0, 0.05) is 18.6 Å². The highest BCUT2D eigenvalue weighted by Crippen LogP contribution is 1.96. The predicted molar refractivity (Wildman–Crippen MR) is 46.6 cm³/mol. The molecule has 0 amide bonds. The molecule has 0 saturated carbocycles. The zero-order chi connectivity index (χ0) is 9.56. The molecule has 0 aromatic heterocycles. The van der Waals surface area contributed by atoms with E-state index >= 15 is 0 Å². The van der Waals surface area contributed by atoms with Crippen molar-refractivity contribution in [2.75, 3.05) is 13.2 Å². The van der Waals surface area contributed by atoms with E-state index in [-0.39, 0.29) is 25.1 Å². The maximum Gasteiger partial charge on any atom is 0.330 e. The Labute approximate surface area is 73.0 Å². The normalized spacial score (nSPS) is 12.0. The van der Waals surface area contributed by atoms with Gasteiger partial charge in [-0.05, 0) is 13.8 Å². The summed E-state index contributed by atoms with van der Waals surface area (Å²) >= 11 is 0. The first kappa shape index (κ1) is 11.2. The largest absolute Gasteiger partial charge is 0.462 e. The van der Waals surface area contributed by atoms with Gasteiger partial charge in [-0.15, -0.1) is 0 Å². The smallest absolute Gasteiger partial charge is 0.330 e. The Hall–Kier alpha value is -0.830. The molecule has 0 bridgehead atoms. The second-order valence-electron chi connectivity index (χ2n) is 3.14. The van der Waals surface area contributed by atoms with Gasteiger partial charge in [-0.1, -0.05) is 12.5 Å². The molecule has 1 atom stereocenters. The van der Waals surface area contributed by atoms with Gasteiger partial charge in [-0.25, -0.2) is 4.79 Å². The maximum atomic E-state index is 10.9. The van der Waals surface area contributed by atoms with Crippen LogP contribution in [0.15, 0.2) is 11.6 Å². The fourth-order valence-corrected chi connectivity index (χ4v) is 0.554. The number of hydrogen-bond acceptors (Lipinski definition) is 3. The molecular weight excluding hydrogens is 156 g/mol. The summed E-state index contributed by atoms with van der Waals surface area (Å²) in [5, 5.41) is 8.62. The van der Waals surface area contributed by atoms with Crippen molar-refractivity contribution in [3.8, 4) is 0 Å². The van der Waals surface area contributed by atoms with Crippen LogP contribution in [0.25, 0.3) is 0 Å². The third-order valence-corrected chi connectivity index (χ3v) is 1.23. The average Bonchev–Trinajstić information content (AvgIpc) is 1.99. The van der Waals surface area contributed by atoms with Gasteiger partial charge >= 0.3 is 5.97 Å². The van der Waals surface area contributed by atoms with E-state index < -0.39 is 0 Å². The summed E-state index contributed by atoms with van der Waals surface area (Å²) in [7, 11) is 0. The van der Waals surface area contributed by atoms with E-state index in [1.54, 1.807) is 0 Å². The summed E-state index contributed by atoms with van der Waals surface area (Å²) in [4.78, 5) is 10.9. The number of allylic oxidation sites excluding steroid dienone is 1. The fraction of sp³-hybridized carbons (Fsp3) is 0.667. The van der Waals surface area contributed by atoms with Gasteiger partial charge < -0.3 is 9.84 Å². The summed E-state index contributed by atoms with van der Waals surface area (Å²) in [5.74, 6) is -0.324. The molecule has 0 heterocycles. The van der Waals surface area contributed by atoms with Gasteiger partial charge in [0.05, 0.1) is 6.61 Å². The molecule has 0 saturated heterocycles. The fourth-order valence-electron chi connectivity index (χ4n) is 0.554. The van der Waals surface area contributed by atoms with Gasteiger partial charge in [0.1, 0.15) is 0 Å². The topological polar surface area (TPSA) is 46.5 Å². The lowest BCUT2D eigenvalue weighted by atomic mass is 10.2. The van der Waals surface area contributed by atoms with Crippen LogP contribution in [0.2, 0.25) is 0 Å². The van der Waals surface area contributed by atoms with Crippen LogP contribution in [0.5, 0.6) is 0 Å². The molecule has 0 spiro atoms. The van der Waals surface area contributed by atoms with Crippen molar-refractivity contribution in [1.29, 1.82) is 0 Å². The molecule has 0 aliphatic rings. The molecule has 0 radical (unpaired) electrons. The summed E-state index contributed by atoms with van der Waals surface area (Å²) in [6, 6.07) is 0. The van der Waals surface area contributed by atoms with Crippen molar-refractivity contribution in [1.82, 2.24) is 0 Å². The molecule has 70 valence electrons. The van der Waals surface area contributed by atoms with Crippen molar-refractivity contribution in [2.24, 2.45) is 5.92 Å². The lowest BCUT2D eigenvalue weighted by molar-refractivity contribution is -0.139. The van der Waals surface area contributed by atoms with Crippen LogP contribution < -0.4 is 0 Å². The van der Waals surface area contributed by atoms with Crippen molar-refractivity contribution < 1.29 is 14.6 Å². The van der Waals surface area contributed by atoms with Crippen molar-refractivity contribution >= 4 is 5.97 Å². The highest BCUT2D eigenvalue weighted by atomic mass is 16.5. The van der Waals surface area contributed by atoms with Crippen molar-refractivity contribution in [2.45, 2.75) is 20.8 Å². The first-order valence-electron chi connectivity index (χ1n) is 3.98. The maximum absolute atomic E-state index is 10.9. The molecule has 1 unspecified atom stereocenters. The van der Waals surface area contributed by atoms with Crippen LogP contribution in [-0.4, -0.2) is 24.3 Å². The molecule has 1 N–H and O–H groups in total. The number of aliphatic hydroxyl groups is 1. The molecular formula is C9H16O3. The van der Waals surface area contributed by atoms with E-state index in [1.165, 1.54) is 6.08 Å². The Balaban J connectivity index is 3.65. The Kier molecular flexibility index (Phi) is 5.37. The molecule has 12 heavy (non-hydrogen) atoms. The number of carbonyl (C=O) groups is 1. The summed E-state index contributed by atoms with van der Waals surface area (Å²) < 4.78 is 4.83. The van der Waals surface area contributed by atoms with Gasteiger partial charge in [-0.2, -0.15) is 0 Å². The van der Waals surface area contributed by atoms with E-state index in [0.29, 0.717) is 0 Å². The second-order valence-corrected chi connectivity index (χ2v) is 3.14. The average molecular weight is 172 g/mol. The monoisotopic (exact) mass is 172 g/mol. The molecule has 0 aromatic rings. The van der Waals surface area contributed by atoms with Crippen LogP contribution in [0.4, 0.5) is 0 Å². The molecule has 0 fully saturated rings. The number of rotatable bonds is 4. The van der Waals surface area contributed by atoms with Gasteiger partial charge in [0.2, 0.25) is 0 Å². The molecule has 3 heteroatoms. The van der Waals surface area contributed by atoms with Crippen LogP contribution in [0, 0.1) is 5.92 Å². The second kappa shape index (κ2) is 5.77. The van der Waals surface area contributed by atoms with Crippen LogP contribution in [0.1, 0.15) is 20.8 Å². The van der Waals surface area contributed by atoms with Gasteiger partial charge in [0.25, 0.3) is 0 Å². The quantitative estimate of drug-likeness (QED) is 0.510. The SMILES string of the molecule is CC(C)=CC(=O)OCC(C)CO. The Morgan fingerprint density at radius 3 is 2.58 bits per heavy atom. The Morgan fingerprint density at radius 2 is 2.17 bits per heavy atom. The molecule has 0 rings (SSSR count). The Bertz CT molecular complexity index is 169. The zero-order valence-electron chi connectivity index (χ0n) is 7.83. The number of aliphatic hydroxyl groups excluding tert-OH is 1. The van der Waals surface area contributed by atoms with Crippen LogP contribution in [0.3, 0.4) is 0 Å². The summed E-state index contributed by atoms with van der Waals surface area (Å²) in [5.41, 5.74) is 0.914. The summed E-state index contributed by atoms with van der Waals surface area (Å²) in [6.07, 6.45) is 1.43. The number of ether oxygens (including phenoxy) is 1. The highest BCUT2D eigenvalue weighted by Gasteiger charge is 2.03. The standard InChI is InChI=1S/C9H16O3/c1-7(2)4-9(11)12-6-8(3)5-10/h4,8,10H,5-6H2,1-3H3. The van der Waals surface area contributed by atoms with Crippen LogP contribution >= 0.6 is 0 Å². The lowest BCUT2D eigenvalue weighted by Gasteiger charge is -2.06. The minimum atomic E-state index is -0.338. The number of hydrogen-bond donors (Lipinski definition) is 1. The highest BCUT2D eigenvalue weighted by molar-refractivity contribution is 5.82. The third-order valence-electron chi connectivity index (χ3n) is 1.23. The number of esters is 1. The van der Waals surface area contributed by atoms with Gasteiger partial charge in [-0.3, -0.25) is 0 Å². The summed E-state index contributed by atoms with van der Waals surface area (Å²) in [6.45, 7) is 5.80. The van der Waals surface area contributed by atoms with E-state index in [9.17, 15) is 4.79 Å². The predicted octanol–water partition coefficient (Wildman–Crippen LogP) is 1.12. The van der Waals surface area contributed by atoms with Crippen molar-refractivity contribution in [3.05, 3.63) is 11.6 Å². The molecule has 3 nitrogen and oxygen atoms in total. The lowest BCUT2D eigenvalue weighted by Crippen LogP contribution is -2.13. The van der Waals surface area contributed by atoms with E-state index in [4.69, 9.17) is 9.84 Å². The van der Waals surface area contributed by atoms with E-state index in [2.05, 4.69) is 0 Å². The van der Waals surface area contributed by atoms with E-state index in [0.717, 1.165) is 5.57 Å². The van der Waals surface area contributed by atoms with Crippen LogP contribution in [-0.2, 0) is 9.53 Å². The minimum Gasteiger partial charge on any atom is -0.462 e. The molecule has 0 aliphatic carbocycles. The number of carbonyl (C=O) groups excluding carboxylic acids is 1. The van der Waals surface area contributed by atoms with Crippen molar-refractivity contribution in [3.63, 3.8) is 0 Å². The first-order chi connectivity index (χ1) is 5.56. The van der Waals surface area contributed by atoms with E-state index in [1.807, 2.05) is 20.8 Å². The zero-order valence-corrected chi connectivity index (χ0v) is 7.83. The molecule has 0 aromatic carbocycles. The minimum absolute atomic E-state index is 0.0134. The molecule has 0 aliphatic heterocycles. The Morgan fingerprint density at radius 1 is 1.58 bits per heavy atom.